The number of alkyl halides is 2. The maximum Gasteiger partial charge on any atom is 0.586 e. The van der Waals surface area contributed by atoms with Crippen molar-refractivity contribution in [1.29, 1.82) is 0 Å². The number of aromatic nitrogens is 1. The third-order valence-electron chi connectivity index (χ3n) is 4.55. The van der Waals surface area contributed by atoms with Gasteiger partial charge in [-0.3, -0.25) is 4.57 Å². The van der Waals surface area contributed by atoms with E-state index in [0.29, 0.717) is 22.8 Å². The number of carbonyl (C=O) groups is 1. The molecule has 1 aliphatic rings. The molecule has 0 aliphatic carbocycles. The van der Waals surface area contributed by atoms with Gasteiger partial charge in [0.15, 0.2) is 16.3 Å². The van der Waals surface area contributed by atoms with Gasteiger partial charge in [-0.25, -0.2) is 4.79 Å². The number of benzene rings is 2. The van der Waals surface area contributed by atoms with Crippen molar-refractivity contribution in [3.05, 3.63) is 63.9 Å². The fraction of sp³-hybridized carbons (Fsp3) is 0.238. The Kier molecular flexibility index (Phi) is 5.40. The highest BCUT2D eigenvalue weighted by atomic mass is 32.1. The second-order valence-corrected chi connectivity index (χ2v) is 8.07. The number of thiazole rings is 1. The van der Waals surface area contributed by atoms with Crippen LogP contribution in [0.4, 0.5) is 13.6 Å². The number of para-hydroxylation sites is 1. The van der Waals surface area contributed by atoms with Crippen LogP contribution in [0, 0.1) is 6.92 Å². The van der Waals surface area contributed by atoms with E-state index in [4.69, 9.17) is 4.74 Å². The second-order valence-electron chi connectivity index (χ2n) is 6.86. The topological polar surface area (TPSA) is 65.3 Å². The summed E-state index contributed by atoms with van der Waals surface area (Å²) in [4.78, 5) is 19.8. The first kappa shape index (κ1) is 20.9. The quantitative estimate of drug-likeness (QED) is 0.597. The molecule has 0 bridgehead atoms. The lowest BCUT2D eigenvalue weighted by molar-refractivity contribution is -0.286. The standard InChI is InChI=1S/C21H19F2N3O4S/c1-13-11-26(15-8-9-17-18(10-15)30-21(22,23)29-17)20(31-13)24-19(27)25(2)12-14-6-4-5-7-16(14)28-3/h4-11H,12H2,1-3H3. The van der Waals surface area contributed by atoms with Gasteiger partial charge < -0.3 is 19.1 Å². The molecule has 10 heteroatoms. The van der Waals surface area contributed by atoms with Gasteiger partial charge in [-0.05, 0) is 25.1 Å². The lowest BCUT2D eigenvalue weighted by Crippen LogP contribution is -2.26. The Morgan fingerprint density at radius 2 is 1.97 bits per heavy atom. The van der Waals surface area contributed by atoms with Crippen molar-refractivity contribution in [1.82, 2.24) is 9.47 Å². The van der Waals surface area contributed by atoms with Crippen molar-refractivity contribution in [2.45, 2.75) is 19.8 Å². The minimum atomic E-state index is -3.69. The fourth-order valence-electron chi connectivity index (χ4n) is 3.13. The highest BCUT2D eigenvalue weighted by Crippen LogP contribution is 2.41. The predicted molar refractivity (Wildman–Crippen MR) is 110 cm³/mol. The zero-order valence-corrected chi connectivity index (χ0v) is 17.8. The molecule has 0 saturated carbocycles. The second kappa shape index (κ2) is 8.03. The molecule has 0 fully saturated rings. The van der Waals surface area contributed by atoms with E-state index in [1.807, 2.05) is 31.2 Å². The Bertz CT molecular complexity index is 1210. The average Bonchev–Trinajstić information content (AvgIpc) is 3.24. The number of hydrogen-bond acceptors (Lipinski definition) is 5. The van der Waals surface area contributed by atoms with Gasteiger partial charge in [-0.2, -0.15) is 4.99 Å². The lowest BCUT2D eigenvalue weighted by Gasteiger charge is -2.16. The smallest absolute Gasteiger partial charge is 0.496 e. The van der Waals surface area contributed by atoms with Gasteiger partial charge in [-0.1, -0.05) is 18.2 Å². The number of nitrogens with zero attached hydrogens (tertiary/aromatic N) is 3. The van der Waals surface area contributed by atoms with Crippen LogP contribution in [0.5, 0.6) is 17.2 Å². The summed E-state index contributed by atoms with van der Waals surface area (Å²) in [6, 6.07) is 11.4. The van der Waals surface area contributed by atoms with Crippen LogP contribution < -0.4 is 19.0 Å². The molecule has 162 valence electrons. The molecule has 1 aliphatic heterocycles. The first-order chi connectivity index (χ1) is 14.8. The van der Waals surface area contributed by atoms with Gasteiger partial charge in [-0.15, -0.1) is 20.1 Å². The molecular formula is C21H19F2N3O4S. The van der Waals surface area contributed by atoms with Crippen molar-refractivity contribution in [2.75, 3.05) is 14.2 Å². The van der Waals surface area contributed by atoms with E-state index in [0.717, 1.165) is 10.4 Å². The van der Waals surface area contributed by atoms with Crippen LogP contribution in [0.3, 0.4) is 0 Å². The number of rotatable bonds is 4. The minimum Gasteiger partial charge on any atom is -0.496 e. The van der Waals surface area contributed by atoms with Gasteiger partial charge in [0.1, 0.15) is 5.75 Å². The first-order valence-electron chi connectivity index (χ1n) is 9.27. The van der Waals surface area contributed by atoms with Crippen LogP contribution in [0.15, 0.2) is 53.7 Å². The number of amides is 2. The number of hydrogen-bond donors (Lipinski definition) is 0. The SMILES string of the molecule is COc1ccccc1CN(C)C(=O)N=c1sc(C)cn1-c1ccc2c(c1)OC(F)(F)O2. The molecule has 0 unspecified atom stereocenters. The van der Waals surface area contributed by atoms with Crippen LogP contribution in [-0.2, 0) is 6.54 Å². The van der Waals surface area contributed by atoms with E-state index in [1.54, 1.807) is 31.0 Å². The molecule has 4 rings (SSSR count). The van der Waals surface area contributed by atoms with E-state index in [9.17, 15) is 13.6 Å². The van der Waals surface area contributed by atoms with Crippen molar-refractivity contribution >= 4 is 17.4 Å². The third-order valence-corrected chi connectivity index (χ3v) is 5.45. The molecule has 0 radical (unpaired) electrons. The molecule has 1 aromatic heterocycles. The van der Waals surface area contributed by atoms with Crippen molar-refractivity contribution in [3.8, 4) is 22.9 Å². The number of urea groups is 1. The van der Waals surface area contributed by atoms with Gasteiger partial charge in [0.2, 0.25) is 0 Å². The van der Waals surface area contributed by atoms with Crippen LogP contribution in [0.25, 0.3) is 5.69 Å². The van der Waals surface area contributed by atoms with E-state index in [-0.39, 0.29) is 11.5 Å². The van der Waals surface area contributed by atoms with Crippen LogP contribution in [0.1, 0.15) is 10.4 Å². The third kappa shape index (κ3) is 4.38. The first-order valence-corrected chi connectivity index (χ1v) is 10.1. The maximum absolute atomic E-state index is 13.3. The van der Waals surface area contributed by atoms with Crippen LogP contribution in [0.2, 0.25) is 0 Å². The average molecular weight is 447 g/mol. The van der Waals surface area contributed by atoms with Crippen LogP contribution >= 0.6 is 11.3 Å². The van der Waals surface area contributed by atoms with E-state index in [2.05, 4.69) is 14.5 Å². The number of carbonyl (C=O) groups excluding carboxylic acids is 1. The predicted octanol–water partition coefficient (Wildman–Crippen LogP) is 4.33. The Morgan fingerprint density at radius 3 is 2.74 bits per heavy atom. The summed E-state index contributed by atoms with van der Waals surface area (Å²) in [5.41, 5.74) is 1.37. The molecule has 0 N–H and O–H groups in total. The van der Waals surface area contributed by atoms with Crippen molar-refractivity contribution < 1.29 is 27.8 Å². The largest absolute Gasteiger partial charge is 0.586 e. The molecule has 0 saturated heterocycles. The molecular weight excluding hydrogens is 428 g/mol. The fourth-order valence-corrected chi connectivity index (χ4v) is 3.96. The van der Waals surface area contributed by atoms with Gasteiger partial charge >= 0.3 is 12.3 Å². The maximum atomic E-state index is 13.3. The summed E-state index contributed by atoms with van der Waals surface area (Å²) in [5.74, 6) is 0.554. The Morgan fingerprint density at radius 1 is 1.23 bits per heavy atom. The summed E-state index contributed by atoms with van der Waals surface area (Å²) in [7, 11) is 3.22. The van der Waals surface area contributed by atoms with E-state index >= 15 is 0 Å². The van der Waals surface area contributed by atoms with Gasteiger partial charge in [0.05, 0.1) is 19.3 Å². The zero-order valence-electron chi connectivity index (χ0n) is 17.0. The number of methoxy groups -OCH3 is 1. The molecule has 0 spiro atoms. The summed E-state index contributed by atoms with van der Waals surface area (Å²) >= 11 is 1.31. The molecule has 2 aromatic carbocycles. The lowest BCUT2D eigenvalue weighted by atomic mass is 10.2. The van der Waals surface area contributed by atoms with Gasteiger partial charge in [0.25, 0.3) is 0 Å². The minimum absolute atomic E-state index is 0.0487. The number of fused-ring (bicyclic) bond motifs is 1. The molecule has 31 heavy (non-hydrogen) atoms. The van der Waals surface area contributed by atoms with Crippen molar-refractivity contribution in [2.24, 2.45) is 4.99 Å². The highest BCUT2D eigenvalue weighted by molar-refractivity contribution is 7.09. The normalized spacial score (nSPS) is 14.5. The Labute approximate surface area is 180 Å². The number of halogens is 2. The molecule has 2 amide bonds. The van der Waals surface area contributed by atoms with Crippen LogP contribution in [-0.4, -0.2) is 36.0 Å². The molecule has 0 atom stereocenters. The summed E-state index contributed by atoms with van der Waals surface area (Å²) in [5, 5.41) is 0. The molecule has 3 aromatic rings. The number of ether oxygens (including phenoxy) is 3. The zero-order chi connectivity index (χ0) is 22.2. The van der Waals surface area contributed by atoms with Crippen molar-refractivity contribution in [3.63, 3.8) is 0 Å². The Hall–Kier alpha value is -3.40. The summed E-state index contributed by atoms with van der Waals surface area (Å²) in [6.07, 6.45) is -1.92. The summed E-state index contributed by atoms with van der Waals surface area (Å²) < 4.78 is 42.6. The Balaban J connectivity index is 1.62. The van der Waals surface area contributed by atoms with E-state index < -0.39 is 12.3 Å². The highest BCUT2D eigenvalue weighted by Gasteiger charge is 2.43. The monoisotopic (exact) mass is 447 g/mol. The number of aryl methyl sites for hydroxylation is 1. The van der Waals surface area contributed by atoms with Gasteiger partial charge in [0, 0.05) is 29.8 Å². The van der Waals surface area contributed by atoms with E-state index in [1.165, 1.54) is 28.4 Å². The molecule has 2 heterocycles. The summed E-state index contributed by atoms with van der Waals surface area (Å²) in [6.45, 7) is 2.18. The molecule has 7 nitrogen and oxygen atoms in total.